The van der Waals surface area contributed by atoms with E-state index in [1.54, 1.807) is 37.3 Å². The van der Waals surface area contributed by atoms with Gasteiger partial charge in [-0.2, -0.15) is 0 Å². The van der Waals surface area contributed by atoms with Gasteiger partial charge in [0, 0.05) is 30.2 Å². The van der Waals surface area contributed by atoms with Crippen molar-refractivity contribution in [2.24, 2.45) is 0 Å². The average Bonchev–Trinajstić information content (AvgIpc) is 2.53. The number of nitrogens with zero attached hydrogens (tertiary/aromatic N) is 1. The fraction of sp³-hybridized carbons (Fsp3) is 0.278. The Bertz CT molecular complexity index is 916. The lowest BCUT2D eigenvalue weighted by molar-refractivity contribution is -0.385. The highest BCUT2D eigenvalue weighted by Crippen LogP contribution is 2.26. The SMILES string of the molecule is Cc1cc([N+](=O)[O-])cc(C)c1S(=O)(=O)N[C@H](C)CC(=O)c1ccccc1. The van der Waals surface area contributed by atoms with Crippen LogP contribution in [0.3, 0.4) is 0 Å². The molecule has 0 unspecified atom stereocenters. The number of carbonyl (C=O) groups is 1. The Labute approximate surface area is 152 Å². The molecule has 0 aliphatic carbocycles. The Hall–Kier alpha value is -2.58. The molecular weight excluding hydrogens is 356 g/mol. The lowest BCUT2D eigenvalue weighted by atomic mass is 10.1. The number of rotatable bonds is 7. The topological polar surface area (TPSA) is 106 Å². The van der Waals surface area contributed by atoms with Crippen molar-refractivity contribution in [2.45, 2.75) is 38.1 Å². The second-order valence-electron chi connectivity index (χ2n) is 6.18. The van der Waals surface area contributed by atoms with E-state index in [2.05, 4.69) is 4.72 Å². The minimum Gasteiger partial charge on any atom is -0.294 e. The first-order valence-electron chi connectivity index (χ1n) is 7.98. The molecule has 26 heavy (non-hydrogen) atoms. The number of nitrogens with one attached hydrogen (secondary N) is 1. The molecule has 0 amide bonds. The standard InChI is InChI=1S/C18H20N2O5S/c1-12-9-16(20(22)23)10-13(2)18(12)26(24,25)19-14(3)11-17(21)15-7-5-4-6-8-15/h4-10,14,19H,11H2,1-3H3/t14-/m1/s1. The van der Waals surface area contributed by atoms with Gasteiger partial charge in [-0.15, -0.1) is 0 Å². The number of benzene rings is 2. The Morgan fingerprint density at radius 1 is 1.15 bits per heavy atom. The molecule has 138 valence electrons. The van der Waals surface area contributed by atoms with Crippen molar-refractivity contribution < 1.29 is 18.1 Å². The van der Waals surface area contributed by atoms with Crippen molar-refractivity contribution in [1.82, 2.24) is 4.72 Å². The maximum absolute atomic E-state index is 12.7. The third-order valence-electron chi connectivity index (χ3n) is 3.87. The molecule has 8 heteroatoms. The van der Waals surface area contributed by atoms with Crippen LogP contribution in [0.1, 0.15) is 34.8 Å². The minimum absolute atomic E-state index is 0.00195. The Kier molecular flexibility index (Phi) is 5.89. The first-order valence-corrected chi connectivity index (χ1v) is 9.46. The molecule has 0 saturated carbocycles. The van der Waals surface area contributed by atoms with Crippen LogP contribution in [-0.4, -0.2) is 25.2 Å². The highest BCUT2D eigenvalue weighted by molar-refractivity contribution is 7.89. The maximum Gasteiger partial charge on any atom is 0.270 e. The number of sulfonamides is 1. The van der Waals surface area contributed by atoms with Crippen molar-refractivity contribution in [3.05, 3.63) is 69.3 Å². The third kappa shape index (κ3) is 4.53. The molecule has 0 bridgehead atoms. The highest BCUT2D eigenvalue weighted by Gasteiger charge is 2.25. The zero-order chi connectivity index (χ0) is 19.5. The second-order valence-corrected chi connectivity index (χ2v) is 7.83. The second kappa shape index (κ2) is 7.76. The number of Topliss-reactive ketones (excluding diaryl/α,β-unsaturated/α-hetero) is 1. The molecule has 0 fully saturated rings. The minimum atomic E-state index is -3.92. The van der Waals surface area contributed by atoms with Crippen LogP contribution in [0.25, 0.3) is 0 Å². The number of nitro benzene ring substituents is 1. The van der Waals surface area contributed by atoms with Crippen LogP contribution in [0.5, 0.6) is 0 Å². The number of nitro groups is 1. The van der Waals surface area contributed by atoms with Crippen LogP contribution in [0, 0.1) is 24.0 Å². The van der Waals surface area contributed by atoms with E-state index in [-0.39, 0.29) is 33.9 Å². The van der Waals surface area contributed by atoms with E-state index in [9.17, 15) is 23.3 Å². The van der Waals surface area contributed by atoms with E-state index in [0.717, 1.165) is 0 Å². The molecule has 0 aromatic heterocycles. The van der Waals surface area contributed by atoms with Gasteiger partial charge in [0.2, 0.25) is 10.0 Å². The first-order chi connectivity index (χ1) is 12.1. The molecule has 2 aromatic rings. The van der Waals surface area contributed by atoms with Gasteiger partial charge >= 0.3 is 0 Å². The van der Waals surface area contributed by atoms with Gasteiger partial charge in [0.25, 0.3) is 5.69 Å². The van der Waals surface area contributed by atoms with E-state index in [4.69, 9.17) is 0 Å². The first kappa shape index (κ1) is 19.7. The monoisotopic (exact) mass is 376 g/mol. The van der Waals surface area contributed by atoms with Gasteiger partial charge in [0.05, 0.1) is 9.82 Å². The Morgan fingerprint density at radius 2 is 1.69 bits per heavy atom. The van der Waals surface area contributed by atoms with Crippen LogP contribution < -0.4 is 4.72 Å². The summed E-state index contributed by atoms with van der Waals surface area (Å²) < 4.78 is 27.9. The number of aryl methyl sites for hydroxylation is 2. The molecule has 0 heterocycles. The molecule has 0 aliphatic rings. The van der Waals surface area contributed by atoms with Gasteiger partial charge in [-0.05, 0) is 31.9 Å². The van der Waals surface area contributed by atoms with E-state index in [1.165, 1.54) is 26.0 Å². The van der Waals surface area contributed by atoms with Gasteiger partial charge in [0.15, 0.2) is 5.78 Å². The molecule has 0 saturated heterocycles. The van der Waals surface area contributed by atoms with E-state index < -0.39 is 21.0 Å². The zero-order valence-corrected chi connectivity index (χ0v) is 15.5. The molecule has 2 rings (SSSR count). The van der Waals surface area contributed by atoms with E-state index in [0.29, 0.717) is 5.56 Å². The number of carbonyl (C=O) groups excluding carboxylic acids is 1. The lowest BCUT2D eigenvalue weighted by Gasteiger charge is -2.16. The molecule has 2 aromatic carbocycles. The molecule has 0 aliphatic heterocycles. The summed E-state index contributed by atoms with van der Waals surface area (Å²) in [4.78, 5) is 22.6. The number of hydrogen-bond donors (Lipinski definition) is 1. The summed E-state index contributed by atoms with van der Waals surface area (Å²) >= 11 is 0. The van der Waals surface area contributed by atoms with Crippen LogP contribution in [0.15, 0.2) is 47.4 Å². The summed E-state index contributed by atoms with van der Waals surface area (Å²) in [6.45, 7) is 4.62. The summed E-state index contributed by atoms with van der Waals surface area (Å²) in [5.41, 5.74) is 0.920. The summed E-state index contributed by atoms with van der Waals surface area (Å²) in [6.07, 6.45) is 0.00825. The molecule has 0 spiro atoms. The van der Waals surface area contributed by atoms with Crippen LogP contribution >= 0.6 is 0 Å². The molecule has 1 atom stereocenters. The Morgan fingerprint density at radius 3 is 2.19 bits per heavy atom. The fourth-order valence-corrected chi connectivity index (χ4v) is 4.54. The molecule has 1 N–H and O–H groups in total. The third-order valence-corrected chi connectivity index (χ3v) is 5.76. The van der Waals surface area contributed by atoms with Crippen LogP contribution in [0.2, 0.25) is 0 Å². The van der Waals surface area contributed by atoms with Gasteiger partial charge < -0.3 is 0 Å². The molecule has 7 nitrogen and oxygen atoms in total. The zero-order valence-electron chi connectivity index (χ0n) is 14.7. The van der Waals surface area contributed by atoms with Crippen molar-refractivity contribution >= 4 is 21.5 Å². The number of hydrogen-bond acceptors (Lipinski definition) is 5. The summed E-state index contributed by atoms with van der Waals surface area (Å²) in [5, 5.41) is 10.9. The van der Waals surface area contributed by atoms with E-state index >= 15 is 0 Å². The number of non-ortho nitro benzene ring substituents is 1. The quantitative estimate of drug-likeness (QED) is 0.454. The van der Waals surface area contributed by atoms with Gasteiger partial charge in [-0.3, -0.25) is 14.9 Å². The van der Waals surface area contributed by atoms with Gasteiger partial charge in [0.1, 0.15) is 0 Å². The van der Waals surface area contributed by atoms with Crippen LogP contribution in [0.4, 0.5) is 5.69 Å². The predicted molar refractivity (Wildman–Crippen MR) is 97.7 cm³/mol. The molecule has 0 radical (unpaired) electrons. The van der Waals surface area contributed by atoms with Crippen molar-refractivity contribution in [3.63, 3.8) is 0 Å². The van der Waals surface area contributed by atoms with Gasteiger partial charge in [-0.25, -0.2) is 13.1 Å². The van der Waals surface area contributed by atoms with Crippen molar-refractivity contribution in [1.29, 1.82) is 0 Å². The lowest BCUT2D eigenvalue weighted by Crippen LogP contribution is -2.35. The fourth-order valence-electron chi connectivity index (χ4n) is 2.84. The average molecular weight is 376 g/mol. The Balaban J connectivity index is 2.21. The summed E-state index contributed by atoms with van der Waals surface area (Å²) in [5.74, 6) is -0.169. The predicted octanol–water partition coefficient (Wildman–Crippen LogP) is 3.15. The smallest absolute Gasteiger partial charge is 0.270 e. The van der Waals surface area contributed by atoms with Crippen molar-refractivity contribution in [3.8, 4) is 0 Å². The number of ketones is 1. The largest absolute Gasteiger partial charge is 0.294 e. The van der Waals surface area contributed by atoms with Crippen LogP contribution in [-0.2, 0) is 10.0 Å². The highest BCUT2D eigenvalue weighted by atomic mass is 32.2. The van der Waals surface area contributed by atoms with Gasteiger partial charge in [-0.1, -0.05) is 30.3 Å². The summed E-state index contributed by atoms with van der Waals surface area (Å²) in [6, 6.07) is 10.5. The van der Waals surface area contributed by atoms with E-state index in [1.807, 2.05) is 0 Å². The summed E-state index contributed by atoms with van der Waals surface area (Å²) in [7, 11) is -3.92. The normalized spacial score (nSPS) is 12.6. The van der Waals surface area contributed by atoms with Crippen molar-refractivity contribution in [2.75, 3.05) is 0 Å². The maximum atomic E-state index is 12.7. The molecular formula is C18H20N2O5S.